The van der Waals surface area contributed by atoms with Gasteiger partial charge in [0, 0.05) is 25.3 Å². The SMILES string of the molecule is O=C(N[C@@H]1CCN(c2ccc3nncn3n2)C1)c1cc(-c2ccc(F)cc2)c[nH]1. The summed E-state index contributed by atoms with van der Waals surface area (Å²) in [4.78, 5) is 17.8. The minimum absolute atomic E-state index is 0.0264. The molecule has 0 spiro atoms. The first-order chi connectivity index (χ1) is 14.2. The van der Waals surface area contributed by atoms with E-state index in [-0.39, 0.29) is 17.8 Å². The fraction of sp³-hybridized carbons (Fsp3) is 0.200. The van der Waals surface area contributed by atoms with Gasteiger partial charge in [0.15, 0.2) is 5.65 Å². The smallest absolute Gasteiger partial charge is 0.267 e. The molecule has 1 aliphatic rings. The monoisotopic (exact) mass is 391 g/mol. The Hall–Kier alpha value is -3.75. The number of fused-ring (bicyclic) bond motifs is 1. The lowest BCUT2D eigenvalue weighted by Gasteiger charge is -2.17. The highest BCUT2D eigenvalue weighted by Crippen LogP contribution is 2.22. The van der Waals surface area contributed by atoms with E-state index in [0.29, 0.717) is 17.9 Å². The highest BCUT2D eigenvalue weighted by molar-refractivity contribution is 5.94. The van der Waals surface area contributed by atoms with Crippen molar-refractivity contribution in [3.63, 3.8) is 0 Å². The zero-order valence-corrected chi connectivity index (χ0v) is 15.4. The third kappa shape index (κ3) is 3.42. The molecule has 9 heteroatoms. The lowest BCUT2D eigenvalue weighted by molar-refractivity contribution is 0.0936. The van der Waals surface area contributed by atoms with Gasteiger partial charge in [0.25, 0.3) is 5.91 Å². The second-order valence-electron chi connectivity index (χ2n) is 7.04. The van der Waals surface area contributed by atoms with Crippen LogP contribution in [0.25, 0.3) is 16.8 Å². The van der Waals surface area contributed by atoms with Crippen LogP contribution in [0.1, 0.15) is 16.9 Å². The molecule has 0 aliphatic carbocycles. The van der Waals surface area contributed by atoms with Crippen molar-refractivity contribution in [3.8, 4) is 11.1 Å². The van der Waals surface area contributed by atoms with Gasteiger partial charge in [0.05, 0.1) is 0 Å². The number of carbonyl (C=O) groups excluding carboxylic acids is 1. The molecule has 1 amide bonds. The number of hydrogen-bond acceptors (Lipinski definition) is 5. The molecule has 146 valence electrons. The Morgan fingerprint density at radius 2 is 2.03 bits per heavy atom. The molecular formula is C20H18FN7O. The Morgan fingerprint density at radius 1 is 1.17 bits per heavy atom. The maximum Gasteiger partial charge on any atom is 0.267 e. The fourth-order valence-electron chi connectivity index (χ4n) is 3.57. The van der Waals surface area contributed by atoms with Crippen molar-refractivity contribution in [1.29, 1.82) is 0 Å². The quantitative estimate of drug-likeness (QED) is 0.557. The van der Waals surface area contributed by atoms with Crippen LogP contribution in [0.5, 0.6) is 0 Å². The van der Waals surface area contributed by atoms with Crippen LogP contribution < -0.4 is 10.2 Å². The minimum atomic E-state index is -0.286. The molecule has 1 saturated heterocycles. The summed E-state index contributed by atoms with van der Waals surface area (Å²) in [5, 5.41) is 15.4. The Kier molecular flexibility index (Phi) is 4.19. The molecule has 3 aromatic heterocycles. The second-order valence-corrected chi connectivity index (χ2v) is 7.04. The number of halogens is 1. The van der Waals surface area contributed by atoms with E-state index in [4.69, 9.17) is 0 Å². The minimum Gasteiger partial charge on any atom is -0.357 e. The summed E-state index contributed by atoms with van der Waals surface area (Å²) in [6.45, 7) is 1.48. The van der Waals surface area contributed by atoms with Crippen LogP contribution in [0, 0.1) is 5.82 Å². The molecule has 0 saturated carbocycles. The number of H-pyrrole nitrogens is 1. The maximum absolute atomic E-state index is 13.1. The van der Waals surface area contributed by atoms with Gasteiger partial charge in [-0.25, -0.2) is 4.39 Å². The maximum atomic E-state index is 13.1. The first kappa shape index (κ1) is 17.4. The van der Waals surface area contributed by atoms with E-state index in [1.807, 2.05) is 12.1 Å². The largest absolute Gasteiger partial charge is 0.357 e. The van der Waals surface area contributed by atoms with E-state index in [1.54, 1.807) is 35.2 Å². The van der Waals surface area contributed by atoms with Crippen LogP contribution in [-0.2, 0) is 0 Å². The number of nitrogens with one attached hydrogen (secondary N) is 2. The number of benzene rings is 1. The van der Waals surface area contributed by atoms with Crippen molar-refractivity contribution in [2.75, 3.05) is 18.0 Å². The number of aromatic nitrogens is 5. The highest BCUT2D eigenvalue weighted by atomic mass is 19.1. The van der Waals surface area contributed by atoms with Gasteiger partial charge in [0.2, 0.25) is 0 Å². The fourth-order valence-corrected chi connectivity index (χ4v) is 3.57. The van der Waals surface area contributed by atoms with Crippen LogP contribution in [0.15, 0.2) is 55.0 Å². The van der Waals surface area contributed by atoms with Crippen LogP contribution >= 0.6 is 0 Å². The Bertz CT molecular complexity index is 1170. The second kappa shape index (κ2) is 7.01. The molecule has 29 heavy (non-hydrogen) atoms. The van der Waals surface area contributed by atoms with Gasteiger partial charge in [-0.3, -0.25) is 4.79 Å². The third-order valence-electron chi connectivity index (χ3n) is 5.10. The summed E-state index contributed by atoms with van der Waals surface area (Å²) >= 11 is 0. The summed E-state index contributed by atoms with van der Waals surface area (Å²) in [5.41, 5.74) is 2.87. The summed E-state index contributed by atoms with van der Waals surface area (Å²) in [6, 6.07) is 11.8. The number of rotatable bonds is 4. The zero-order chi connectivity index (χ0) is 19.8. The van der Waals surface area contributed by atoms with E-state index in [1.165, 1.54) is 12.1 Å². The molecule has 0 radical (unpaired) electrons. The Balaban J connectivity index is 1.24. The van der Waals surface area contributed by atoms with E-state index in [9.17, 15) is 9.18 Å². The summed E-state index contributed by atoms with van der Waals surface area (Å²) < 4.78 is 14.7. The molecular weight excluding hydrogens is 373 g/mol. The number of nitrogens with zero attached hydrogens (tertiary/aromatic N) is 5. The van der Waals surface area contributed by atoms with Gasteiger partial charge in [-0.05, 0) is 47.9 Å². The van der Waals surface area contributed by atoms with Gasteiger partial charge >= 0.3 is 0 Å². The van der Waals surface area contributed by atoms with Crippen molar-refractivity contribution in [2.45, 2.75) is 12.5 Å². The lowest BCUT2D eigenvalue weighted by atomic mass is 10.1. The normalized spacial score (nSPS) is 16.4. The number of amides is 1. The van der Waals surface area contributed by atoms with Gasteiger partial charge < -0.3 is 15.2 Å². The average Bonchev–Trinajstić information content (AvgIpc) is 3.48. The van der Waals surface area contributed by atoms with Crippen LogP contribution in [0.2, 0.25) is 0 Å². The average molecular weight is 391 g/mol. The standard InChI is InChI=1S/C20H18FN7O/c21-15-3-1-13(2-4-15)14-9-17(22-10-14)20(29)24-16-7-8-27(11-16)19-6-5-18-25-23-12-28(18)26-19/h1-6,9-10,12,16,22H,7-8,11H2,(H,24,29)/t16-/m1/s1. The predicted molar refractivity (Wildman–Crippen MR) is 105 cm³/mol. The van der Waals surface area contributed by atoms with Gasteiger partial charge in [-0.1, -0.05) is 12.1 Å². The summed E-state index contributed by atoms with van der Waals surface area (Å²) in [6.07, 6.45) is 4.15. The highest BCUT2D eigenvalue weighted by Gasteiger charge is 2.26. The van der Waals surface area contributed by atoms with Crippen LogP contribution in [-0.4, -0.2) is 49.8 Å². The number of aromatic amines is 1. The molecule has 1 aliphatic heterocycles. The molecule has 1 atom stereocenters. The van der Waals surface area contributed by atoms with Gasteiger partial charge in [-0.15, -0.1) is 15.3 Å². The molecule has 4 heterocycles. The molecule has 5 rings (SSSR count). The van der Waals surface area contributed by atoms with Crippen LogP contribution in [0.3, 0.4) is 0 Å². The molecule has 4 aromatic rings. The van der Waals surface area contributed by atoms with Crippen molar-refractivity contribution in [2.24, 2.45) is 0 Å². The van der Waals surface area contributed by atoms with Crippen LogP contribution in [0.4, 0.5) is 10.2 Å². The topological polar surface area (TPSA) is 91.2 Å². The predicted octanol–water partition coefficient (Wildman–Crippen LogP) is 2.27. The first-order valence-corrected chi connectivity index (χ1v) is 9.33. The van der Waals surface area contributed by atoms with Gasteiger partial charge in [0.1, 0.15) is 23.7 Å². The summed E-state index contributed by atoms with van der Waals surface area (Å²) in [7, 11) is 0. The number of anilines is 1. The molecule has 1 aromatic carbocycles. The van der Waals surface area contributed by atoms with E-state index >= 15 is 0 Å². The van der Waals surface area contributed by atoms with E-state index < -0.39 is 0 Å². The van der Waals surface area contributed by atoms with Crippen molar-refractivity contribution >= 4 is 17.4 Å². The third-order valence-corrected chi connectivity index (χ3v) is 5.10. The summed E-state index contributed by atoms with van der Waals surface area (Å²) in [5.74, 6) is 0.380. The number of carbonyl (C=O) groups is 1. The molecule has 8 nitrogen and oxygen atoms in total. The van der Waals surface area contributed by atoms with E-state index in [0.717, 1.165) is 29.9 Å². The lowest BCUT2D eigenvalue weighted by Crippen LogP contribution is -2.37. The zero-order valence-electron chi connectivity index (χ0n) is 15.4. The van der Waals surface area contributed by atoms with E-state index in [2.05, 4.69) is 30.5 Å². The van der Waals surface area contributed by atoms with Crippen molar-refractivity contribution < 1.29 is 9.18 Å². The molecule has 2 N–H and O–H groups in total. The van der Waals surface area contributed by atoms with Gasteiger partial charge in [-0.2, -0.15) is 4.52 Å². The molecule has 0 bridgehead atoms. The Labute approximate surface area is 165 Å². The van der Waals surface area contributed by atoms with Crippen molar-refractivity contribution in [1.82, 2.24) is 30.1 Å². The molecule has 1 fully saturated rings. The van der Waals surface area contributed by atoms with Crippen molar-refractivity contribution in [3.05, 3.63) is 66.5 Å². The number of hydrogen-bond donors (Lipinski definition) is 2. The first-order valence-electron chi connectivity index (χ1n) is 9.33. The Morgan fingerprint density at radius 3 is 2.90 bits per heavy atom. The molecule has 0 unspecified atom stereocenters.